The molecule has 1 aromatic heterocycles. The molecule has 0 unspecified atom stereocenters. The first kappa shape index (κ1) is 30.6. The number of allylic oxidation sites excluding steroid dienone is 1. The lowest BCUT2D eigenvalue weighted by atomic mass is 9.95. The molecule has 0 spiro atoms. The third-order valence-corrected chi connectivity index (χ3v) is 9.00. The van der Waals surface area contributed by atoms with Gasteiger partial charge in [0.2, 0.25) is 0 Å². The Balaban J connectivity index is 1.64. The SMILES string of the molecule is CCOC(=O)C1=C(C)N=c2s/c(=C\c3cc(Cl)cc(Br)c3OCc3ccc(Cl)cc3Cl)c(=O)n2[C@@H]1c1ccc(C)cc1. The van der Waals surface area contributed by atoms with Crippen LogP contribution in [0.5, 0.6) is 5.75 Å². The van der Waals surface area contributed by atoms with Gasteiger partial charge < -0.3 is 9.47 Å². The normalized spacial score (nSPS) is 14.9. The molecule has 3 aromatic carbocycles. The van der Waals surface area contributed by atoms with E-state index in [0.717, 1.165) is 16.7 Å². The smallest absolute Gasteiger partial charge is 0.338 e. The number of hydrogen-bond acceptors (Lipinski definition) is 6. The number of aryl methyl sites for hydroxylation is 1. The summed E-state index contributed by atoms with van der Waals surface area (Å²) in [6, 6.07) is 15.6. The minimum atomic E-state index is -0.697. The Kier molecular flexibility index (Phi) is 9.30. The van der Waals surface area contributed by atoms with E-state index >= 15 is 0 Å². The molecule has 11 heteroatoms. The van der Waals surface area contributed by atoms with Crippen LogP contribution in [0.2, 0.25) is 15.1 Å². The van der Waals surface area contributed by atoms with E-state index in [1.807, 2.05) is 31.2 Å². The summed E-state index contributed by atoms with van der Waals surface area (Å²) in [7, 11) is 0. The van der Waals surface area contributed by atoms with E-state index in [4.69, 9.17) is 44.3 Å². The summed E-state index contributed by atoms with van der Waals surface area (Å²) in [5.41, 5.74) is 3.69. The predicted molar refractivity (Wildman–Crippen MR) is 172 cm³/mol. The Bertz CT molecular complexity index is 1920. The molecule has 0 radical (unpaired) electrons. The second-order valence-electron chi connectivity index (χ2n) is 9.54. The maximum Gasteiger partial charge on any atom is 0.338 e. The highest BCUT2D eigenvalue weighted by Crippen LogP contribution is 2.35. The summed E-state index contributed by atoms with van der Waals surface area (Å²) in [5, 5.41) is 1.46. The van der Waals surface area contributed by atoms with Crippen molar-refractivity contribution in [2.45, 2.75) is 33.4 Å². The summed E-state index contributed by atoms with van der Waals surface area (Å²) >= 11 is 23.6. The number of aromatic nitrogens is 1. The number of ether oxygens (including phenoxy) is 2. The fourth-order valence-electron chi connectivity index (χ4n) is 4.63. The summed E-state index contributed by atoms with van der Waals surface area (Å²) in [4.78, 5) is 32.3. The van der Waals surface area contributed by atoms with E-state index in [1.165, 1.54) is 11.3 Å². The van der Waals surface area contributed by atoms with Gasteiger partial charge in [0.1, 0.15) is 12.4 Å². The molecule has 42 heavy (non-hydrogen) atoms. The first-order valence-corrected chi connectivity index (χ1v) is 15.6. The van der Waals surface area contributed by atoms with Crippen LogP contribution >= 0.6 is 62.1 Å². The molecule has 2 heterocycles. The van der Waals surface area contributed by atoms with Gasteiger partial charge in [-0.2, -0.15) is 0 Å². The zero-order valence-electron chi connectivity index (χ0n) is 22.7. The predicted octanol–water partition coefficient (Wildman–Crippen LogP) is 7.41. The minimum Gasteiger partial charge on any atom is -0.487 e. The van der Waals surface area contributed by atoms with Crippen molar-refractivity contribution in [3.8, 4) is 5.75 Å². The lowest BCUT2D eigenvalue weighted by Gasteiger charge is -2.24. The number of hydrogen-bond donors (Lipinski definition) is 0. The van der Waals surface area contributed by atoms with E-state index < -0.39 is 12.0 Å². The highest BCUT2D eigenvalue weighted by molar-refractivity contribution is 9.10. The van der Waals surface area contributed by atoms with Gasteiger partial charge in [0.15, 0.2) is 4.80 Å². The van der Waals surface area contributed by atoms with Gasteiger partial charge >= 0.3 is 5.97 Å². The number of halogens is 4. The summed E-state index contributed by atoms with van der Waals surface area (Å²) in [6.07, 6.45) is 1.72. The van der Waals surface area contributed by atoms with Crippen molar-refractivity contribution in [2.24, 2.45) is 4.99 Å². The van der Waals surface area contributed by atoms with Crippen LogP contribution in [0.25, 0.3) is 6.08 Å². The summed E-state index contributed by atoms with van der Waals surface area (Å²) in [6.45, 7) is 5.84. The Morgan fingerprint density at radius 1 is 1.07 bits per heavy atom. The molecule has 1 atom stereocenters. The van der Waals surface area contributed by atoms with Gasteiger partial charge in [-0.3, -0.25) is 9.36 Å². The van der Waals surface area contributed by atoms with Crippen LogP contribution in [-0.2, 0) is 16.1 Å². The molecule has 0 amide bonds. The molecule has 216 valence electrons. The average Bonchev–Trinajstić information content (AvgIpc) is 3.23. The molecule has 4 aromatic rings. The number of carbonyl (C=O) groups is 1. The zero-order chi connectivity index (χ0) is 30.1. The van der Waals surface area contributed by atoms with Crippen LogP contribution < -0.4 is 19.6 Å². The van der Waals surface area contributed by atoms with Crippen LogP contribution in [-0.4, -0.2) is 17.1 Å². The van der Waals surface area contributed by atoms with Crippen LogP contribution in [0.1, 0.15) is 42.1 Å². The van der Waals surface area contributed by atoms with Gasteiger partial charge in [-0.25, -0.2) is 9.79 Å². The lowest BCUT2D eigenvalue weighted by Crippen LogP contribution is -2.39. The second-order valence-corrected chi connectivity index (χ2v) is 12.7. The third-order valence-electron chi connectivity index (χ3n) is 6.62. The molecule has 6 nitrogen and oxygen atoms in total. The van der Waals surface area contributed by atoms with E-state index in [-0.39, 0.29) is 18.8 Å². The molecule has 0 saturated heterocycles. The van der Waals surface area contributed by atoms with Crippen molar-refractivity contribution in [1.82, 2.24) is 4.57 Å². The Labute approximate surface area is 269 Å². The quantitative estimate of drug-likeness (QED) is 0.188. The summed E-state index contributed by atoms with van der Waals surface area (Å²) < 4.78 is 14.1. The number of fused-ring (bicyclic) bond motifs is 1. The number of benzene rings is 3. The number of rotatable bonds is 7. The Morgan fingerprint density at radius 3 is 2.50 bits per heavy atom. The van der Waals surface area contributed by atoms with Gasteiger partial charge in [0, 0.05) is 26.2 Å². The van der Waals surface area contributed by atoms with E-state index in [2.05, 4.69) is 20.9 Å². The topological polar surface area (TPSA) is 69.9 Å². The van der Waals surface area contributed by atoms with Crippen LogP contribution in [0, 0.1) is 6.92 Å². The molecule has 0 aliphatic carbocycles. The number of thiazole rings is 1. The minimum absolute atomic E-state index is 0.161. The van der Waals surface area contributed by atoms with Gasteiger partial charge in [-0.05, 0) is 72.6 Å². The van der Waals surface area contributed by atoms with Crippen molar-refractivity contribution in [3.05, 3.63) is 127 Å². The van der Waals surface area contributed by atoms with Gasteiger partial charge in [-0.1, -0.05) is 82.0 Å². The maximum atomic E-state index is 14.0. The summed E-state index contributed by atoms with van der Waals surface area (Å²) in [5.74, 6) is -0.0244. The average molecular weight is 707 g/mol. The van der Waals surface area contributed by atoms with Gasteiger partial charge in [0.05, 0.1) is 32.9 Å². The molecule has 5 rings (SSSR count). The third kappa shape index (κ3) is 6.24. The van der Waals surface area contributed by atoms with Crippen molar-refractivity contribution in [2.75, 3.05) is 6.61 Å². The van der Waals surface area contributed by atoms with E-state index in [9.17, 15) is 9.59 Å². The monoisotopic (exact) mass is 704 g/mol. The molecule has 0 bridgehead atoms. The van der Waals surface area contributed by atoms with Crippen LogP contribution in [0.3, 0.4) is 0 Å². The molecular formula is C31H24BrCl3N2O4S. The van der Waals surface area contributed by atoms with E-state index in [0.29, 0.717) is 51.5 Å². The maximum absolute atomic E-state index is 14.0. The first-order chi connectivity index (χ1) is 20.1. The number of carbonyl (C=O) groups excluding carboxylic acids is 1. The van der Waals surface area contributed by atoms with Crippen LogP contribution in [0.15, 0.2) is 80.1 Å². The Morgan fingerprint density at radius 2 is 1.81 bits per heavy atom. The molecule has 1 aliphatic rings. The largest absolute Gasteiger partial charge is 0.487 e. The first-order valence-electron chi connectivity index (χ1n) is 12.9. The molecule has 1 aliphatic heterocycles. The number of nitrogens with zero attached hydrogens (tertiary/aromatic N) is 2. The second kappa shape index (κ2) is 12.8. The van der Waals surface area contributed by atoms with Gasteiger partial charge in [0.25, 0.3) is 5.56 Å². The zero-order valence-corrected chi connectivity index (χ0v) is 27.4. The standard InChI is InChI=1S/C31H24BrCl3N2O4S/c1-4-40-30(39)26-17(3)36-31-37(27(26)18-7-5-16(2)6-8-18)29(38)25(42-31)12-20-11-22(34)13-23(32)28(20)41-15-19-9-10-21(33)14-24(19)35/h5-14,27H,4,15H2,1-3H3/b25-12-/t27-/m1/s1. The van der Waals surface area contributed by atoms with Crippen molar-refractivity contribution >= 4 is 74.1 Å². The van der Waals surface area contributed by atoms with Crippen molar-refractivity contribution in [3.63, 3.8) is 0 Å². The molecule has 0 fully saturated rings. The highest BCUT2D eigenvalue weighted by atomic mass is 79.9. The van der Waals surface area contributed by atoms with Gasteiger partial charge in [-0.15, -0.1) is 0 Å². The fourth-order valence-corrected chi connectivity index (χ4v) is 7.07. The van der Waals surface area contributed by atoms with E-state index in [1.54, 1.807) is 54.8 Å². The molecule has 0 saturated carbocycles. The fraction of sp³-hybridized carbons (Fsp3) is 0.194. The highest BCUT2D eigenvalue weighted by Gasteiger charge is 2.33. The molecular weight excluding hydrogens is 683 g/mol. The van der Waals surface area contributed by atoms with Crippen molar-refractivity contribution in [1.29, 1.82) is 0 Å². The molecule has 0 N–H and O–H groups in total. The Hall–Kier alpha value is -2.88. The number of esters is 1. The lowest BCUT2D eigenvalue weighted by molar-refractivity contribution is -0.139. The van der Waals surface area contributed by atoms with Crippen molar-refractivity contribution < 1.29 is 14.3 Å². The van der Waals surface area contributed by atoms with Crippen LogP contribution in [0.4, 0.5) is 0 Å².